The molecule has 1 N–H and O–H groups in total. The maximum Gasteiger partial charge on any atom is 0.223 e. The zero-order valence-corrected chi connectivity index (χ0v) is 5.68. The number of aromatic nitrogens is 2. The molecule has 1 aromatic rings. The summed E-state index contributed by atoms with van der Waals surface area (Å²) in [7, 11) is 1.74. The van der Waals surface area contributed by atoms with Gasteiger partial charge in [0.25, 0.3) is 0 Å². The molecule has 0 fully saturated rings. The van der Waals surface area contributed by atoms with Crippen LogP contribution in [-0.4, -0.2) is 17.0 Å². The number of nitrogens with zero attached hydrogens (tertiary/aromatic N) is 2. The van der Waals surface area contributed by atoms with Crippen molar-refractivity contribution in [1.82, 2.24) is 9.97 Å². The van der Waals surface area contributed by atoms with Gasteiger partial charge in [-0.25, -0.2) is 9.97 Å². The van der Waals surface area contributed by atoms with Crippen molar-refractivity contribution >= 4 is 17.5 Å². The molecule has 0 spiro atoms. The van der Waals surface area contributed by atoms with E-state index in [-0.39, 0.29) is 0 Å². The summed E-state index contributed by atoms with van der Waals surface area (Å²) in [4.78, 5) is 7.69. The molecule has 0 aliphatic carbocycles. The normalized spacial score (nSPS) is 9.11. The van der Waals surface area contributed by atoms with E-state index >= 15 is 0 Å². The van der Waals surface area contributed by atoms with Crippen LogP contribution in [-0.2, 0) is 0 Å². The minimum atomic E-state index is 0.453. The summed E-state index contributed by atoms with van der Waals surface area (Å²) < 4.78 is 0. The lowest BCUT2D eigenvalue weighted by atomic mass is 10.7. The minimum Gasteiger partial charge on any atom is -0.357 e. The summed E-state index contributed by atoms with van der Waals surface area (Å²) in [6.45, 7) is 0. The van der Waals surface area contributed by atoms with Gasteiger partial charge in [-0.05, 0) is 6.07 Å². The quantitative estimate of drug-likeness (QED) is 0.600. The van der Waals surface area contributed by atoms with Crippen LogP contribution >= 0.6 is 11.6 Å². The highest BCUT2D eigenvalue weighted by molar-refractivity contribution is 6.29. The van der Waals surface area contributed by atoms with Gasteiger partial charge in [-0.15, -0.1) is 0 Å². The predicted molar refractivity (Wildman–Crippen MR) is 36.6 cm³/mol. The fourth-order valence-electron chi connectivity index (χ4n) is 0.457. The minimum absolute atomic E-state index is 0.453. The van der Waals surface area contributed by atoms with Crippen molar-refractivity contribution < 1.29 is 0 Å². The second kappa shape index (κ2) is 2.64. The Hall–Kier alpha value is -0.830. The van der Waals surface area contributed by atoms with Gasteiger partial charge in [-0.1, -0.05) is 11.6 Å². The third-order valence-electron chi connectivity index (χ3n) is 0.845. The van der Waals surface area contributed by atoms with Gasteiger partial charge in [0.05, 0.1) is 0 Å². The molecule has 0 unspecified atom stereocenters. The van der Waals surface area contributed by atoms with Gasteiger partial charge in [-0.2, -0.15) is 0 Å². The predicted octanol–water partition coefficient (Wildman–Crippen LogP) is 1.17. The van der Waals surface area contributed by atoms with Crippen LogP contribution < -0.4 is 5.32 Å². The summed E-state index contributed by atoms with van der Waals surface area (Å²) >= 11 is 5.53. The molecular weight excluding hydrogens is 138 g/mol. The van der Waals surface area contributed by atoms with Gasteiger partial charge in [-0.3, -0.25) is 0 Å². The summed E-state index contributed by atoms with van der Waals surface area (Å²) in [5.74, 6) is 0.544. The maximum atomic E-state index is 5.53. The number of hydrogen-bond acceptors (Lipinski definition) is 3. The molecule has 0 saturated carbocycles. The molecule has 0 saturated heterocycles. The molecule has 0 aliphatic rings. The molecule has 0 aliphatic heterocycles. The Labute approximate surface area is 58.1 Å². The highest BCUT2D eigenvalue weighted by Crippen LogP contribution is 2.03. The first kappa shape index (κ1) is 6.29. The SMILES string of the molecule is CNc1nccc(Cl)n1. The molecule has 0 radical (unpaired) electrons. The molecule has 0 bridgehead atoms. The molecule has 0 aromatic carbocycles. The zero-order chi connectivity index (χ0) is 6.69. The van der Waals surface area contributed by atoms with Crippen molar-refractivity contribution in [2.75, 3.05) is 12.4 Å². The van der Waals surface area contributed by atoms with E-state index in [4.69, 9.17) is 11.6 Å². The molecule has 4 heteroatoms. The third kappa shape index (κ3) is 1.54. The van der Waals surface area contributed by atoms with Gasteiger partial charge in [0, 0.05) is 13.2 Å². The second-order valence-corrected chi connectivity index (χ2v) is 1.84. The lowest BCUT2D eigenvalue weighted by Crippen LogP contribution is -1.94. The molecule has 48 valence electrons. The number of nitrogens with one attached hydrogen (secondary N) is 1. The van der Waals surface area contributed by atoms with Gasteiger partial charge in [0.2, 0.25) is 5.95 Å². The summed E-state index contributed by atoms with van der Waals surface area (Å²) in [5, 5.41) is 3.21. The zero-order valence-electron chi connectivity index (χ0n) is 4.93. The van der Waals surface area contributed by atoms with Crippen LogP contribution in [0.4, 0.5) is 5.95 Å². The Kier molecular flexibility index (Phi) is 1.85. The monoisotopic (exact) mass is 143 g/mol. The van der Waals surface area contributed by atoms with Crippen molar-refractivity contribution in [3.8, 4) is 0 Å². The molecule has 1 rings (SSSR count). The Morgan fingerprint density at radius 2 is 2.44 bits per heavy atom. The van der Waals surface area contributed by atoms with Crippen LogP contribution in [0.5, 0.6) is 0 Å². The van der Waals surface area contributed by atoms with Crippen LogP contribution in [0, 0.1) is 0 Å². The summed E-state index contributed by atoms with van der Waals surface area (Å²) in [6.07, 6.45) is 1.60. The van der Waals surface area contributed by atoms with E-state index < -0.39 is 0 Å². The number of anilines is 1. The van der Waals surface area contributed by atoms with Crippen molar-refractivity contribution in [2.45, 2.75) is 0 Å². The van der Waals surface area contributed by atoms with E-state index in [0.717, 1.165) is 0 Å². The van der Waals surface area contributed by atoms with E-state index in [1.807, 2.05) is 0 Å². The largest absolute Gasteiger partial charge is 0.357 e. The first-order chi connectivity index (χ1) is 4.33. The maximum absolute atomic E-state index is 5.53. The number of rotatable bonds is 1. The van der Waals surface area contributed by atoms with Crippen molar-refractivity contribution in [3.63, 3.8) is 0 Å². The Balaban J connectivity index is 2.94. The van der Waals surface area contributed by atoms with E-state index in [1.165, 1.54) is 0 Å². The first-order valence-corrected chi connectivity index (χ1v) is 2.87. The lowest BCUT2D eigenvalue weighted by Gasteiger charge is -1.94. The topological polar surface area (TPSA) is 37.8 Å². The summed E-state index contributed by atoms with van der Waals surface area (Å²) in [5.41, 5.74) is 0. The van der Waals surface area contributed by atoms with Gasteiger partial charge >= 0.3 is 0 Å². The molecule has 1 aromatic heterocycles. The fourth-order valence-corrected chi connectivity index (χ4v) is 0.594. The Morgan fingerprint density at radius 3 is 2.89 bits per heavy atom. The smallest absolute Gasteiger partial charge is 0.223 e. The van der Waals surface area contributed by atoms with Crippen molar-refractivity contribution in [1.29, 1.82) is 0 Å². The van der Waals surface area contributed by atoms with Crippen molar-refractivity contribution in [3.05, 3.63) is 17.4 Å². The standard InChI is InChI=1S/C5H6ClN3/c1-7-5-8-3-2-4(6)9-5/h2-3H,1H3,(H,7,8,9). The van der Waals surface area contributed by atoms with Crippen LogP contribution in [0.25, 0.3) is 0 Å². The van der Waals surface area contributed by atoms with Crippen LogP contribution in [0.3, 0.4) is 0 Å². The fraction of sp³-hybridized carbons (Fsp3) is 0.200. The van der Waals surface area contributed by atoms with Crippen LogP contribution in [0.1, 0.15) is 0 Å². The molecule has 0 atom stereocenters. The average molecular weight is 144 g/mol. The summed E-state index contributed by atoms with van der Waals surface area (Å²) in [6, 6.07) is 1.63. The van der Waals surface area contributed by atoms with Crippen LogP contribution in [0.2, 0.25) is 5.15 Å². The molecule has 0 amide bonds. The van der Waals surface area contributed by atoms with Gasteiger partial charge < -0.3 is 5.32 Å². The van der Waals surface area contributed by atoms with E-state index in [2.05, 4.69) is 15.3 Å². The van der Waals surface area contributed by atoms with Crippen molar-refractivity contribution in [2.24, 2.45) is 0 Å². The van der Waals surface area contributed by atoms with E-state index in [0.29, 0.717) is 11.1 Å². The second-order valence-electron chi connectivity index (χ2n) is 1.45. The molecule has 1 heterocycles. The third-order valence-corrected chi connectivity index (χ3v) is 1.06. The molecular formula is C5H6ClN3. The van der Waals surface area contributed by atoms with Gasteiger partial charge in [0.15, 0.2) is 0 Å². The number of hydrogen-bond donors (Lipinski definition) is 1. The van der Waals surface area contributed by atoms with E-state index in [1.54, 1.807) is 19.3 Å². The molecule has 3 nitrogen and oxygen atoms in total. The molecule has 9 heavy (non-hydrogen) atoms. The Morgan fingerprint density at radius 1 is 1.67 bits per heavy atom. The highest BCUT2D eigenvalue weighted by atomic mass is 35.5. The lowest BCUT2D eigenvalue weighted by molar-refractivity contribution is 1.15. The highest BCUT2D eigenvalue weighted by Gasteiger charge is 1.89. The van der Waals surface area contributed by atoms with Crippen LogP contribution in [0.15, 0.2) is 12.3 Å². The van der Waals surface area contributed by atoms with Gasteiger partial charge in [0.1, 0.15) is 5.15 Å². The van der Waals surface area contributed by atoms with E-state index in [9.17, 15) is 0 Å². The first-order valence-electron chi connectivity index (χ1n) is 2.49. The average Bonchev–Trinajstić information content (AvgIpc) is 1.88. The Bertz CT molecular complexity index is 201. The number of halogens is 1.